The monoisotopic (exact) mass is 448 g/mol. The van der Waals surface area contributed by atoms with Crippen LogP contribution in [-0.4, -0.2) is 40.9 Å². The van der Waals surface area contributed by atoms with Crippen LogP contribution in [0.2, 0.25) is 0 Å². The second-order valence-electron chi connectivity index (χ2n) is 7.17. The zero-order valence-corrected chi connectivity index (χ0v) is 19.1. The molecule has 4 rings (SSSR count). The summed E-state index contributed by atoms with van der Waals surface area (Å²) in [5.74, 6) is 0.596. The predicted molar refractivity (Wildman–Crippen MR) is 124 cm³/mol. The molecule has 0 saturated carbocycles. The van der Waals surface area contributed by atoms with E-state index in [4.69, 9.17) is 9.15 Å². The molecule has 1 aliphatic heterocycles. The van der Waals surface area contributed by atoms with Crippen LogP contribution in [0.5, 0.6) is 0 Å². The smallest absolute Gasteiger partial charge is 0.338 e. The first-order chi connectivity index (χ1) is 16.0. The van der Waals surface area contributed by atoms with Crippen LogP contribution in [0.4, 0.5) is 4.79 Å². The molecule has 1 saturated heterocycles. The van der Waals surface area contributed by atoms with Gasteiger partial charge in [0.05, 0.1) is 25.3 Å². The summed E-state index contributed by atoms with van der Waals surface area (Å²) < 4.78 is 10.9. The molecule has 7 nitrogen and oxygen atoms in total. The van der Waals surface area contributed by atoms with Crippen LogP contribution in [0, 0.1) is 0 Å². The summed E-state index contributed by atoms with van der Waals surface area (Å²) >= 11 is 0. The van der Waals surface area contributed by atoms with Gasteiger partial charge in [-0.3, -0.25) is 9.69 Å². The van der Waals surface area contributed by atoms with Crippen molar-refractivity contribution >= 4 is 17.9 Å². The molecule has 1 aromatic heterocycles. The molecule has 0 radical (unpaired) electrons. The molecule has 7 heteroatoms. The molecular formula is C26H28N2O5. The lowest BCUT2D eigenvalue weighted by Crippen LogP contribution is -2.32. The van der Waals surface area contributed by atoms with Crippen molar-refractivity contribution in [2.24, 2.45) is 0 Å². The summed E-state index contributed by atoms with van der Waals surface area (Å²) in [7, 11) is 0. The van der Waals surface area contributed by atoms with Gasteiger partial charge in [0.15, 0.2) is 0 Å². The molecule has 1 aliphatic rings. The van der Waals surface area contributed by atoms with Crippen LogP contribution in [0.1, 0.15) is 42.5 Å². The zero-order valence-electron chi connectivity index (χ0n) is 19.1. The van der Waals surface area contributed by atoms with Gasteiger partial charge in [0.25, 0.3) is 5.91 Å². The minimum atomic E-state index is -0.369. The Kier molecular flexibility index (Phi) is 8.02. The number of benzene rings is 2. The average molecular weight is 449 g/mol. The summed E-state index contributed by atoms with van der Waals surface area (Å²) in [5.41, 5.74) is 2.17. The number of carbonyl (C=O) groups excluding carboxylic acids is 3. The second-order valence-corrected chi connectivity index (χ2v) is 7.17. The minimum absolute atomic E-state index is 0.0237. The van der Waals surface area contributed by atoms with Crippen molar-refractivity contribution in [1.82, 2.24) is 9.80 Å². The standard InChI is InChI=1S/C24H22N2O5.C2H6/c1-2-30-23(28)19-10-8-18(9-11-19)21-13-12-20(31-21)15-25-16-22(27)26(24(25)29)14-17-6-4-3-5-7-17;1-2/h3-13H,2,14-16H2,1H3;1-2H3. The van der Waals surface area contributed by atoms with E-state index in [1.165, 1.54) is 9.80 Å². The van der Waals surface area contributed by atoms with E-state index >= 15 is 0 Å². The van der Waals surface area contributed by atoms with Gasteiger partial charge in [-0.15, -0.1) is 0 Å². The Bertz CT molecular complexity index is 1090. The van der Waals surface area contributed by atoms with Gasteiger partial charge in [-0.05, 0) is 36.8 Å². The molecule has 3 amide bonds. The molecule has 2 heterocycles. The molecule has 1 fully saturated rings. The van der Waals surface area contributed by atoms with Gasteiger partial charge in [0.2, 0.25) is 0 Å². The summed E-state index contributed by atoms with van der Waals surface area (Å²) in [6.45, 7) is 6.57. The third-order valence-electron chi connectivity index (χ3n) is 5.00. The third-order valence-corrected chi connectivity index (χ3v) is 5.00. The van der Waals surface area contributed by atoms with Gasteiger partial charge in [-0.2, -0.15) is 0 Å². The number of urea groups is 1. The molecule has 2 aromatic carbocycles. The molecule has 0 spiro atoms. The number of hydrogen-bond acceptors (Lipinski definition) is 5. The number of carbonyl (C=O) groups is 3. The van der Waals surface area contributed by atoms with Crippen LogP contribution >= 0.6 is 0 Å². The van der Waals surface area contributed by atoms with E-state index in [0.717, 1.165) is 11.1 Å². The number of imide groups is 1. The Morgan fingerprint density at radius 1 is 0.939 bits per heavy atom. The first-order valence-corrected chi connectivity index (χ1v) is 11.0. The number of esters is 1. The van der Waals surface area contributed by atoms with E-state index in [-0.39, 0.29) is 37.5 Å². The number of hydrogen-bond donors (Lipinski definition) is 0. The molecule has 0 atom stereocenters. The van der Waals surface area contributed by atoms with Crippen LogP contribution in [-0.2, 0) is 22.6 Å². The molecule has 3 aromatic rings. The van der Waals surface area contributed by atoms with E-state index in [9.17, 15) is 14.4 Å². The van der Waals surface area contributed by atoms with Gasteiger partial charge in [-0.25, -0.2) is 9.59 Å². The lowest BCUT2D eigenvalue weighted by atomic mass is 10.1. The van der Waals surface area contributed by atoms with Crippen LogP contribution in [0.25, 0.3) is 11.3 Å². The molecule has 0 aliphatic carbocycles. The Labute approximate surface area is 193 Å². The number of nitrogens with zero attached hydrogens (tertiary/aromatic N) is 2. The van der Waals surface area contributed by atoms with Gasteiger partial charge in [-0.1, -0.05) is 56.3 Å². The Balaban J connectivity index is 0.00000149. The zero-order chi connectivity index (χ0) is 23.8. The number of rotatable bonds is 7. The number of ether oxygens (including phenoxy) is 1. The third kappa shape index (κ3) is 5.68. The summed E-state index contributed by atoms with van der Waals surface area (Å²) in [6, 6.07) is 19.6. The van der Waals surface area contributed by atoms with E-state index < -0.39 is 0 Å². The maximum atomic E-state index is 12.7. The van der Waals surface area contributed by atoms with Crippen molar-refractivity contribution in [2.75, 3.05) is 13.2 Å². The van der Waals surface area contributed by atoms with Crippen LogP contribution in [0.3, 0.4) is 0 Å². The highest BCUT2D eigenvalue weighted by atomic mass is 16.5. The Morgan fingerprint density at radius 3 is 2.30 bits per heavy atom. The fourth-order valence-electron chi connectivity index (χ4n) is 3.43. The van der Waals surface area contributed by atoms with Gasteiger partial charge < -0.3 is 14.1 Å². The fraction of sp³-hybridized carbons (Fsp3) is 0.269. The molecule has 0 N–H and O–H groups in total. The van der Waals surface area contributed by atoms with E-state index in [1.807, 2.05) is 44.2 Å². The lowest BCUT2D eigenvalue weighted by molar-refractivity contribution is -0.125. The Hall–Kier alpha value is -3.87. The average Bonchev–Trinajstić information content (AvgIpc) is 3.42. The maximum absolute atomic E-state index is 12.7. The SMILES string of the molecule is CC.CCOC(=O)c1ccc(-c2ccc(CN3CC(=O)N(Cc4ccccc4)C3=O)o2)cc1. The van der Waals surface area contributed by atoms with Crippen molar-refractivity contribution < 1.29 is 23.5 Å². The second kappa shape index (κ2) is 11.1. The normalized spacial score (nSPS) is 13.1. The molecule has 172 valence electrons. The van der Waals surface area contributed by atoms with Crippen molar-refractivity contribution in [3.63, 3.8) is 0 Å². The number of furan rings is 1. The summed E-state index contributed by atoms with van der Waals surface area (Å²) in [4.78, 5) is 39.5. The first kappa shape index (κ1) is 23.8. The fourth-order valence-corrected chi connectivity index (χ4v) is 3.43. The highest BCUT2D eigenvalue weighted by Crippen LogP contribution is 2.25. The van der Waals surface area contributed by atoms with Gasteiger partial charge in [0, 0.05) is 5.56 Å². The van der Waals surface area contributed by atoms with Crippen LogP contribution in [0.15, 0.2) is 71.1 Å². The number of amides is 3. The van der Waals surface area contributed by atoms with Gasteiger partial charge in [0.1, 0.15) is 18.1 Å². The summed E-state index contributed by atoms with van der Waals surface area (Å²) in [6.07, 6.45) is 0. The van der Waals surface area contributed by atoms with Crippen molar-refractivity contribution in [2.45, 2.75) is 33.9 Å². The Morgan fingerprint density at radius 2 is 1.64 bits per heavy atom. The van der Waals surface area contributed by atoms with Crippen LogP contribution < -0.4 is 0 Å². The van der Waals surface area contributed by atoms with E-state index in [1.54, 1.807) is 43.3 Å². The molecule has 33 heavy (non-hydrogen) atoms. The molecule has 0 bridgehead atoms. The van der Waals surface area contributed by atoms with Crippen molar-refractivity contribution in [3.05, 3.63) is 83.6 Å². The van der Waals surface area contributed by atoms with Crippen molar-refractivity contribution in [1.29, 1.82) is 0 Å². The summed E-state index contributed by atoms with van der Waals surface area (Å²) in [5, 5.41) is 0. The predicted octanol–water partition coefficient (Wildman–Crippen LogP) is 5.11. The molecular weight excluding hydrogens is 420 g/mol. The minimum Gasteiger partial charge on any atom is -0.462 e. The lowest BCUT2D eigenvalue weighted by Gasteiger charge is -2.16. The largest absolute Gasteiger partial charge is 0.462 e. The first-order valence-electron chi connectivity index (χ1n) is 11.0. The van der Waals surface area contributed by atoms with Crippen molar-refractivity contribution in [3.8, 4) is 11.3 Å². The quantitative estimate of drug-likeness (QED) is 0.370. The topological polar surface area (TPSA) is 80.1 Å². The van der Waals surface area contributed by atoms with E-state index in [2.05, 4.69) is 0 Å². The highest BCUT2D eigenvalue weighted by molar-refractivity contribution is 6.01. The highest BCUT2D eigenvalue weighted by Gasteiger charge is 2.36. The molecule has 0 unspecified atom stereocenters. The van der Waals surface area contributed by atoms with E-state index in [0.29, 0.717) is 23.7 Å². The van der Waals surface area contributed by atoms with Gasteiger partial charge >= 0.3 is 12.0 Å². The maximum Gasteiger partial charge on any atom is 0.338 e.